The fraction of sp³-hybridized carbons (Fsp3) is 0.361. The van der Waals surface area contributed by atoms with Crippen molar-refractivity contribution in [2.24, 2.45) is 0 Å². The molecular weight excluding hydrogens is 556 g/mol. The van der Waals surface area contributed by atoms with Gasteiger partial charge in [-0.1, -0.05) is 37.6 Å². The molecule has 1 aliphatic carbocycles. The van der Waals surface area contributed by atoms with E-state index in [1.807, 2.05) is 36.5 Å². The maximum atomic E-state index is 13.8. The predicted octanol–water partition coefficient (Wildman–Crippen LogP) is 8.12. The molecule has 228 valence electrons. The van der Waals surface area contributed by atoms with Crippen molar-refractivity contribution in [2.45, 2.75) is 64.8 Å². The van der Waals surface area contributed by atoms with Gasteiger partial charge in [-0.15, -0.1) is 0 Å². The number of aromatic nitrogens is 2. The van der Waals surface area contributed by atoms with Crippen LogP contribution in [-0.2, 0) is 11.3 Å². The van der Waals surface area contributed by atoms with E-state index in [0.717, 1.165) is 64.9 Å². The van der Waals surface area contributed by atoms with Gasteiger partial charge in [-0.25, -0.2) is 8.78 Å². The van der Waals surface area contributed by atoms with E-state index >= 15 is 0 Å². The molecule has 0 unspecified atom stereocenters. The number of benzene rings is 1. The molecule has 0 radical (unpaired) electrons. The van der Waals surface area contributed by atoms with E-state index in [1.165, 1.54) is 11.1 Å². The Hall–Kier alpha value is -4.17. The number of anilines is 2. The van der Waals surface area contributed by atoms with Crippen molar-refractivity contribution in [2.75, 3.05) is 30.3 Å². The van der Waals surface area contributed by atoms with Gasteiger partial charge in [0.15, 0.2) is 0 Å². The summed E-state index contributed by atoms with van der Waals surface area (Å²) in [5.74, 6) is -2.72. The van der Waals surface area contributed by atoms with Crippen molar-refractivity contribution in [3.8, 4) is 11.1 Å². The number of carbonyl (C=O) groups excluding carboxylic acids is 1. The first kappa shape index (κ1) is 29.9. The molecular formula is C36H39F2N5O. The highest BCUT2D eigenvalue weighted by atomic mass is 19.3. The lowest BCUT2D eigenvalue weighted by molar-refractivity contribution is -0.111. The number of piperidine rings is 1. The number of hydrogen-bond donors (Lipinski definition) is 2. The Morgan fingerprint density at radius 2 is 1.82 bits per heavy atom. The van der Waals surface area contributed by atoms with Gasteiger partial charge in [-0.3, -0.25) is 19.7 Å². The average molecular weight is 596 g/mol. The van der Waals surface area contributed by atoms with Gasteiger partial charge in [0, 0.05) is 73.8 Å². The number of amides is 1. The van der Waals surface area contributed by atoms with E-state index < -0.39 is 5.92 Å². The number of halogens is 2. The minimum Gasteiger partial charge on any atom is -0.381 e. The highest BCUT2D eigenvalue weighted by molar-refractivity contribution is 6.28. The largest absolute Gasteiger partial charge is 0.381 e. The Kier molecular flexibility index (Phi) is 8.71. The predicted molar refractivity (Wildman–Crippen MR) is 173 cm³/mol. The molecule has 3 aliphatic rings. The molecule has 2 N–H and O–H groups in total. The third-order valence-electron chi connectivity index (χ3n) is 8.95. The van der Waals surface area contributed by atoms with Crippen LogP contribution in [0.5, 0.6) is 0 Å². The normalized spacial score (nSPS) is 18.2. The third-order valence-corrected chi connectivity index (χ3v) is 8.95. The molecule has 1 saturated heterocycles. The number of carbonyl (C=O) groups is 1. The van der Waals surface area contributed by atoms with Gasteiger partial charge in [-0.05, 0) is 78.3 Å². The van der Waals surface area contributed by atoms with Crippen LogP contribution in [0.3, 0.4) is 0 Å². The first-order valence-electron chi connectivity index (χ1n) is 15.6. The van der Waals surface area contributed by atoms with E-state index in [2.05, 4.69) is 57.6 Å². The van der Waals surface area contributed by atoms with Crippen molar-refractivity contribution < 1.29 is 13.6 Å². The van der Waals surface area contributed by atoms with Crippen LogP contribution in [0, 0.1) is 0 Å². The Morgan fingerprint density at radius 1 is 0.977 bits per heavy atom. The van der Waals surface area contributed by atoms with Crippen LogP contribution in [0.4, 0.5) is 20.2 Å². The second-order valence-corrected chi connectivity index (χ2v) is 11.9. The zero-order valence-electron chi connectivity index (χ0n) is 25.4. The molecule has 0 bridgehead atoms. The van der Waals surface area contributed by atoms with Gasteiger partial charge in [0.2, 0.25) is 0 Å². The number of rotatable bonds is 8. The highest BCUT2D eigenvalue weighted by Gasteiger charge is 2.34. The molecule has 8 heteroatoms. The SMILES string of the molecule is CCC1=CC=C(c2ccc(NC(=O)C3=C(CC)CNc4ccc(-c5cncc(CN6CCC(F)(F)CC6)c5)cc43)cn2)CC1. The van der Waals surface area contributed by atoms with Gasteiger partial charge < -0.3 is 10.6 Å². The molecule has 1 fully saturated rings. The maximum absolute atomic E-state index is 13.8. The third kappa shape index (κ3) is 6.65. The van der Waals surface area contributed by atoms with E-state index in [1.54, 1.807) is 12.4 Å². The number of likely N-dealkylation sites (tertiary alicyclic amines) is 1. The number of nitrogens with one attached hydrogen (secondary N) is 2. The molecule has 0 saturated carbocycles. The second-order valence-electron chi connectivity index (χ2n) is 11.9. The molecule has 4 heterocycles. The van der Waals surface area contributed by atoms with Crippen LogP contribution in [0.2, 0.25) is 0 Å². The molecule has 0 atom stereocenters. The van der Waals surface area contributed by atoms with Crippen molar-refractivity contribution >= 4 is 28.4 Å². The van der Waals surface area contributed by atoms with Gasteiger partial charge in [0.05, 0.1) is 17.6 Å². The van der Waals surface area contributed by atoms with E-state index in [0.29, 0.717) is 37.4 Å². The van der Waals surface area contributed by atoms with Crippen molar-refractivity contribution in [1.82, 2.24) is 14.9 Å². The van der Waals surface area contributed by atoms with Crippen LogP contribution < -0.4 is 10.6 Å². The van der Waals surface area contributed by atoms with Crippen LogP contribution in [-0.4, -0.2) is 46.3 Å². The van der Waals surface area contributed by atoms with Crippen molar-refractivity contribution in [3.63, 3.8) is 0 Å². The summed E-state index contributed by atoms with van der Waals surface area (Å²) in [5.41, 5.74) is 10.6. The molecule has 3 aromatic rings. The Labute approximate surface area is 258 Å². The van der Waals surface area contributed by atoms with Gasteiger partial charge in [0.1, 0.15) is 0 Å². The molecule has 2 aliphatic heterocycles. The molecule has 44 heavy (non-hydrogen) atoms. The van der Waals surface area contributed by atoms with Crippen LogP contribution in [0.25, 0.3) is 22.3 Å². The van der Waals surface area contributed by atoms with Crippen molar-refractivity contribution in [3.05, 3.63) is 95.1 Å². The zero-order valence-corrected chi connectivity index (χ0v) is 25.4. The summed E-state index contributed by atoms with van der Waals surface area (Å²) in [6, 6.07) is 12.0. The molecule has 1 aromatic carbocycles. The first-order chi connectivity index (χ1) is 21.3. The zero-order chi connectivity index (χ0) is 30.7. The molecule has 0 spiro atoms. The molecule has 1 amide bonds. The van der Waals surface area contributed by atoms with Crippen LogP contribution in [0.15, 0.2) is 78.3 Å². The standard InChI is InChI=1S/C36H39F2N5O/c1-3-24-5-7-27(8-6-24)32-12-10-30(22-41-32)42-35(44)34-26(4-2)21-40-33-11-9-28(18-31(33)34)29-17-25(19-39-20-29)23-43-15-13-36(37,38)14-16-43/h5,7,9-12,17-20,22,40H,3-4,6,8,13-16,21,23H2,1-2H3,(H,42,44). The quantitative estimate of drug-likeness (QED) is 0.275. The van der Waals surface area contributed by atoms with E-state index in [-0.39, 0.29) is 18.7 Å². The lowest BCUT2D eigenvalue weighted by atomic mass is 9.90. The lowest BCUT2D eigenvalue weighted by Gasteiger charge is -2.31. The first-order valence-corrected chi connectivity index (χ1v) is 15.6. The van der Waals surface area contributed by atoms with E-state index in [9.17, 15) is 13.6 Å². The fourth-order valence-electron chi connectivity index (χ4n) is 6.22. The number of fused-ring (bicyclic) bond motifs is 1. The Bertz CT molecular complexity index is 1630. The summed E-state index contributed by atoms with van der Waals surface area (Å²) >= 11 is 0. The Morgan fingerprint density at radius 3 is 2.52 bits per heavy atom. The molecule has 6 nitrogen and oxygen atoms in total. The number of alkyl halides is 2. The topological polar surface area (TPSA) is 70.2 Å². The minimum atomic E-state index is -2.56. The second kappa shape index (κ2) is 12.8. The van der Waals surface area contributed by atoms with Crippen LogP contribution >= 0.6 is 0 Å². The summed E-state index contributed by atoms with van der Waals surface area (Å²) in [4.78, 5) is 25.0. The van der Waals surface area contributed by atoms with Gasteiger partial charge >= 0.3 is 0 Å². The molecule has 6 rings (SSSR count). The minimum absolute atomic E-state index is 0.107. The van der Waals surface area contributed by atoms with Crippen LogP contribution in [0.1, 0.15) is 69.2 Å². The number of nitrogens with zero attached hydrogens (tertiary/aromatic N) is 3. The Balaban J connectivity index is 1.21. The summed E-state index contributed by atoms with van der Waals surface area (Å²) < 4.78 is 27.3. The van der Waals surface area contributed by atoms with Crippen molar-refractivity contribution in [1.29, 1.82) is 0 Å². The summed E-state index contributed by atoms with van der Waals surface area (Å²) in [6.45, 7) is 6.18. The summed E-state index contributed by atoms with van der Waals surface area (Å²) in [6.07, 6.45) is 13.3. The number of hydrogen-bond acceptors (Lipinski definition) is 5. The fourth-order valence-corrected chi connectivity index (χ4v) is 6.22. The van der Waals surface area contributed by atoms with Gasteiger partial charge in [0.25, 0.3) is 11.8 Å². The maximum Gasteiger partial charge on any atom is 0.256 e. The summed E-state index contributed by atoms with van der Waals surface area (Å²) in [5, 5.41) is 6.56. The monoisotopic (exact) mass is 595 g/mol. The highest BCUT2D eigenvalue weighted by Crippen LogP contribution is 2.37. The van der Waals surface area contributed by atoms with E-state index in [4.69, 9.17) is 0 Å². The van der Waals surface area contributed by atoms with Gasteiger partial charge in [-0.2, -0.15) is 0 Å². The molecule has 2 aromatic heterocycles. The lowest BCUT2D eigenvalue weighted by Crippen LogP contribution is -2.38. The average Bonchev–Trinajstić information content (AvgIpc) is 3.05. The number of pyridine rings is 2. The number of allylic oxidation sites excluding steroid dienone is 4. The smallest absolute Gasteiger partial charge is 0.256 e. The summed E-state index contributed by atoms with van der Waals surface area (Å²) in [7, 11) is 0.